The Kier molecular flexibility index (Phi) is 5.25. The summed E-state index contributed by atoms with van der Waals surface area (Å²) in [6.45, 7) is 3.20. The lowest BCUT2D eigenvalue weighted by Gasteiger charge is -2.30. The van der Waals surface area contributed by atoms with E-state index in [1.54, 1.807) is 34.0 Å². The third kappa shape index (κ3) is 3.80. The van der Waals surface area contributed by atoms with Crippen molar-refractivity contribution in [3.63, 3.8) is 0 Å². The van der Waals surface area contributed by atoms with Crippen LogP contribution in [0.2, 0.25) is 0 Å². The fourth-order valence-corrected chi connectivity index (χ4v) is 5.04. The van der Waals surface area contributed by atoms with E-state index in [2.05, 4.69) is 5.10 Å². The Balaban J connectivity index is 1.65. The number of carbonyl (C=O) groups excluding carboxylic acids is 1. The second-order valence-corrected chi connectivity index (χ2v) is 10.3. The van der Waals surface area contributed by atoms with Crippen molar-refractivity contribution in [1.29, 1.82) is 0 Å². The highest BCUT2D eigenvalue weighted by molar-refractivity contribution is 7.90. The van der Waals surface area contributed by atoms with Crippen LogP contribution in [0.5, 0.6) is 0 Å². The van der Waals surface area contributed by atoms with Gasteiger partial charge in [0.1, 0.15) is 0 Å². The maximum absolute atomic E-state index is 13.9. The standard InChI is InChI=1S/C25H24N4O3S/c1-3-29-24-21(16-26-29)20(15-22(27-24)17-8-5-4-6-9-17)25(30)28-13-7-10-18-14-19(33(2,31)32)11-12-23(18)28/h4-6,8-9,11-12,14-16H,3,7,10,13H2,1-2H3. The van der Waals surface area contributed by atoms with Gasteiger partial charge in [-0.1, -0.05) is 30.3 Å². The van der Waals surface area contributed by atoms with Crippen LogP contribution in [0.4, 0.5) is 5.69 Å². The molecular formula is C25H24N4O3S. The second kappa shape index (κ2) is 8.12. The molecule has 0 bridgehead atoms. The van der Waals surface area contributed by atoms with Crippen molar-refractivity contribution in [1.82, 2.24) is 14.8 Å². The van der Waals surface area contributed by atoms with Crippen LogP contribution < -0.4 is 4.90 Å². The molecule has 0 spiro atoms. The highest BCUT2D eigenvalue weighted by atomic mass is 32.2. The Morgan fingerprint density at radius 1 is 1.09 bits per heavy atom. The number of hydrogen-bond donors (Lipinski definition) is 0. The third-order valence-electron chi connectivity index (χ3n) is 6.05. The minimum Gasteiger partial charge on any atom is -0.308 e. The first-order chi connectivity index (χ1) is 15.9. The number of fused-ring (bicyclic) bond motifs is 2. The van der Waals surface area contributed by atoms with Crippen molar-refractivity contribution in [3.8, 4) is 11.3 Å². The van der Waals surface area contributed by atoms with Crippen LogP contribution >= 0.6 is 0 Å². The van der Waals surface area contributed by atoms with Crippen LogP contribution in [0.1, 0.15) is 29.3 Å². The molecule has 0 aliphatic carbocycles. The van der Waals surface area contributed by atoms with E-state index in [0.29, 0.717) is 35.4 Å². The van der Waals surface area contributed by atoms with Crippen LogP contribution in [0.25, 0.3) is 22.3 Å². The van der Waals surface area contributed by atoms with E-state index >= 15 is 0 Å². The van der Waals surface area contributed by atoms with Gasteiger partial charge in [0.25, 0.3) is 5.91 Å². The van der Waals surface area contributed by atoms with Gasteiger partial charge in [-0.2, -0.15) is 5.10 Å². The van der Waals surface area contributed by atoms with Crippen LogP contribution in [-0.2, 0) is 22.8 Å². The predicted molar refractivity (Wildman–Crippen MR) is 128 cm³/mol. The monoisotopic (exact) mass is 460 g/mol. The number of sulfone groups is 1. The number of aromatic nitrogens is 3. The summed E-state index contributed by atoms with van der Waals surface area (Å²) in [5.41, 5.74) is 4.48. The van der Waals surface area contributed by atoms with Crippen molar-refractivity contribution < 1.29 is 13.2 Å². The minimum absolute atomic E-state index is 0.136. The molecule has 1 aliphatic rings. The smallest absolute Gasteiger partial charge is 0.259 e. The Morgan fingerprint density at radius 2 is 1.88 bits per heavy atom. The van der Waals surface area contributed by atoms with Gasteiger partial charge in [-0.3, -0.25) is 4.79 Å². The number of carbonyl (C=O) groups is 1. The first-order valence-corrected chi connectivity index (χ1v) is 12.8. The van der Waals surface area contributed by atoms with Crippen LogP contribution in [0.15, 0.2) is 65.7 Å². The Bertz CT molecular complexity index is 1480. The molecule has 4 aromatic rings. The molecule has 1 amide bonds. The van der Waals surface area contributed by atoms with Gasteiger partial charge in [-0.15, -0.1) is 0 Å². The SMILES string of the molecule is CCn1ncc2c(C(=O)N3CCCc4cc(S(C)(=O)=O)ccc43)cc(-c3ccccc3)nc21. The maximum atomic E-state index is 13.9. The molecule has 8 heteroatoms. The average molecular weight is 461 g/mol. The lowest BCUT2D eigenvalue weighted by molar-refractivity contribution is 0.0986. The molecule has 0 radical (unpaired) electrons. The fraction of sp³-hybridized carbons (Fsp3) is 0.240. The summed E-state index contributed by atoms with van der Waals surface area (Å²) in [6.07, 6.45) is 4.40. The van der Waals surface area contributed by atoms with Crippen LogP contribution in [0.3, 0.4) is 0 Å². The normalized spacial score (nSPS) is 13.8. The van der Waals surface area contributed by atoms with Gasteiger partial charge in [0.05, 0.1) is 27.7 Å². The van der Waals surface area contributed by atoms with Crippen molar-refractivity contribution >= 4 is 32.5 Å². The van der Waals surface area contributed by atoms with Crippen molar-refractivity contribution in [2.45, 2.75) is 31.2 Å². The first-order valence-electron chi connectivity index (χ1n) is 10.9. The average Bonchev–Trinajstić information content (AvgIpc) is 3.25. The van der Waals surface area contributed by atoms with Crippen molar-refractivity contribution in [2.24, 2.45) is 0 Å². The van der Waals surface area contributed by atoms with E-state index in [9.17, 15) is 13.2 Å². The zero-order valence-corrected chi connectivity index (χ0v) is 19.3. The van der Waals surface area contributed by atoms with E-state index in [-0.39, 0.29) is 10.8 Å². The van der Waals surface area contributed by atoms with Crippen molar-refractivity contribution in [3.05, 3.63) is 71.9 Å². The van der Waals surface area contributed by atoms with E-state index in [1.807, 2.05) is 43.3 Å². The van der Waals surface area contributed by atoms with Gasteiger partial charge in [0.2, 0.25) is 0 Å². The molecule has 0 unspecified atom stereocenters. The van der Waals surface area contributed by atoms with Gasteiger partial charge in [0, 0.05) is 30.6 Å². The minimum atomic E-state index is -3.31. The molecule has 0 fully saturated rings. The lowest BCUT2D eigenvalue weighted by atomic mass is 9.99. The molecule has 0 N–H and O–H groups in total. The Hall–Kier alpha value is -3.52. The number of hydrogen-bond acceptors (Lipinski definition) is 5. The van der Waals surface area contributed by atoms with E-state index < -0.39 is 9.84 Å². The highest BCUT2D eigenvalue weighted by Crippen LogP contribution is 2.33. The third-order valence-corrected chi connectivity index (χ3v) is 7.16. The van der Waals surface area contributed by atoms with E-state index in [1.165, 1.54) is 6.26 Å². The Labute approximate surface area is 192 Å². The van der Waals surface area contributed by atoms with Crippen LogP contribution in [0, 0.1) is 0 Å². The quantitative estimate of drug-likeness (QED) is 0.457. The molecule has 33 heavy (non-hydrogen) atoms. The molecule has 0 atom stereocenters. The summed E-state index contributed by atoms with van der Waals surface area (Å²) in [6, 6.07) is 16.6. The van der Waals surface area contributed by atoms with Crippen LogP contribution in [-0.4, -0.2) is 41.9 Å². The summed E-state index contributed by atoms with van der Waals surface area (Å²) < 4.78 is 25.8. The number of anilines is 1. The maximum Gasteiger partial charge on any atom is 0.259 e. The number of nitrogens with zero attached hydrogens (tertiary/aromatic N) is 4. The Morgan fingerprint density at radius 3 is 2.61 bits per heavy atom. The lowest BCUT2D eigenvalue weighted by Crippen LogP contribution is -2.35. The molecule has 1 aliphatic heterocycles. The van der Waals surface area contributed by atoms with E-state index in [4.69, 9.17) is 4.98 Å². The van der Waals surface area contributed by atoms with Gasteiger partial charge in [-0.25, -0.2) is 18.1 Å². The van der Waals surface area contributed by atoms with E-state index in [0.717, 1.165) is 29.7 Å². The molecule has 0 saturated heterocycles. The predicted octanol–water partition coefficient (Wildman–Crippen LogP) is 4.11. The van der Waals surface area contributed by atoms with Crippen molar-refractivity contribution in [2.75, 3.05) is 17.7 Å². The van der Waals surface area contributed by atoms with Gasteiger partial charge in [-0.05, 0) is 49.6 Å². The number of pyridine rings is 1. The second-order valence-electron chi connectivity index (χ2n) is 8.24. The molecular weight excluding hydrogens is 436 g/mol. The summed E-state index contributed by atoms with van der Waals surface area (Å²) in [5, 5.41) is 5.15. The number of aryl methyl sites for hydroxylation is 2. The van der Waals surface area contributed by atoms with Gasteiger partial charge >= 0.3 is 0 Å². The zero-order valence-electron chi connectivity index (χ0n) is 18.5. The summed E-state index contributed by atoms with van der Waals surface area (Å²) in [5.74, 6) is -0.136. The summed E-state index contributed by atoms with van der Waals surface area (Å²) in [7, 11) is -3.31. The topological polar surface area (TPSA) is 85.2 Å². The molecule has 5 rings (SSSR count). The number of amides is 1. The summed E-state index contributed by atoms with van der Waals surface area (Å²) in [4.78, 5) is 20.7. The first kappa shape index (κ1) is 21.3. The molecule has 0 saturated carbocycles. The van der Waals surface area contributed by atoms with Gasteiger partial charge < -0.3 is 4.90 Å². The molecule has 168 valence electrons. The number of rotatable bonds is 4. The molecule has 2 aromatic carbocycles. The zero-order chi connectivity index (χ0) is 23.2. The highest BCUT2D eigenvalue weighted by Gasteiger charge is 2.27. The van der Waals surface area contributed by atoms with Gasteiger partial charge in [0.15, 0.2) is 15.5 Å². The molecule has 3 heterocycles. The number of benzene rings is 2. The largest absolute Gasteiger partial charge is 0.308 e. The fourth-order valence-electron chi connectivity index (χ4n) is 4.37. The molecule has 7 nitrogen and oxygen atoms in total. The summed E-state index contributed by atoms with van der Waals surface area (Å²) >= 11 is 0. The molecule has 2 aromatic heterocycles.